The van der Waals surface area contributed by atoms with Crippen molar-refractivity contribution in [2.75, 3.05) is 19.6 Å². The van der Waals surface area contributed by atoms with Crippen molar-refractivity contribution in [3.63, 3.8) is 0 Å². The lowest BCUT2D eigenvalue weighted by atomic mass is 9.84. The van der Waals surface area contributed by atoms with Gasteiger partial charge in [-0.15, -0.1) is 0 Å². The summed E-state index contributed by atoms with van der Waals surface area (Å²) < 4.78 is 13.1. The molecule has 0 bridgehead atoms. The lowest BCUT2D eigenvalue weighted by molar-refractivity contribution is -0.126. The number of likely N-dealkylation sites (tertiary alicyclic amines) is 1. The van der Waals surface area contributed by atoms with Gasteiger partial charge in [-0.2, -0.15) is 0 Å². The molecule has 1 aliphatic rings. The number of hydrogen-bond acceptors (Lipinski definition) is 2. The van der Waals surface area contributed by atoms with Crippen LogP contribution >= 0.6 is 0 Å². The molecule has 0 saturated carbocycles. The third kappa shape index (κ3) is 5.39. The van der Waals surface area contributed by atoms with Crippen LogP contribution in [0.1, 0.15) is 37.8 Å². The number of hydrogen-bond donors (Lipinski definition) is 1. The molecule has 0 unspecified atom stereocenters. The van der Waals surface area contributed by atoms with Gasteiger partial charge in [0.2, 0.25) is 5.91 Å². The van der Waals surface area contributed by atoms with Gasteiger partial charge in [0.25, 0.3) is 0 Å². The predicted octanol–water partition coefficient (Wildman–Crippen LogP) is 4.13. The molecule has 1 heterocycles. The van der Waals surface area contributed by atoms with Gasteiger partial charge >= 0.3 is 0 Å². The molecular weight excluding hydrogens is 339 g/mol. The van der Waals surface area contributed by atoms with E-state index in [9.17, 15) is 9.18 Å². The van der Waals surface area contributed by atoms with Gasteiger partial charge in [-0.3, -0.25) is 9.69 Å². The van der Waals surface area contributed by atoms with E-state index >= 15 is 0 Å². The molecule has 144 valence electrons. The molecule has 0 atom stereocenters. The average Bonchev–Trinajstić information content (AvgIpc) is 2.68. The summed E-state index contributed by atoms with van der Waals surface area (Å²) in [5.74, 6) is -0.00793. The molecule has 2 aromatic rings. The average molecular weight is 368 g/mol. The summed E-state index contributed by atoms with van der Waals surface area (Å²) in [6, 6.07) is 17.0. The van der Waals surface area contributed by atoms with Crippen molar-refractivity contribution in [3.05, 3.63) is 71.5 Å². The number of benzene rings is 2. The Kier molecular flexibility index (Phi) is 6.27. The molecule has 1 aliphatic heterocycles. The Labute approximate surface area is 161 Å². The van der Waals surface area contributed by atoms with E-state index in [-0.39, 0.29) is 23.1 Å². The van der Waals surface area contributed by atoms with Crippen LogP contribution in [0.5, 0.6) is 0 Å². The highest BCUT2D eigenvalue weighted by molar-refractivity contribution is 5.78. The van der Waals surface area contributed by atoms with E-state index in [0.717, 1.165) is 38.0 Å². The SMILES string of the molecule is CC(C)(CNC(=O)C1CCN(Cc2ccccc2)CC1)c1ccc(F)cc1. The van der Waals surface area contributed by atoms with Crippen molar-refractivity contribution in [2.45, 2.75) is 38.6 Å². The van der Waals surface area contributed by atoms with Crippen LogP contribution in [0.15, 0.2) is 54.6 Å². The fourth-order valence-corrected chi connectivity index (χ4v) is 3.65. The zero-order chi connectivity index (χ0) is 19.3. The minimum absolute atomic E-state index is 0.0843. The maximum Gasteiger partial charge on any atom is 0.223 e. The van der Waals surface area contributed by atoms with E-state index in [1.165, 1.54) is 17.7 Å². The van der Waals surface area contributed by atoms with E-state index in [0.29, 0.717) is 6.54 Å². The number of nitrogens with zero attached hydrogens (tertiary/aromatic N) is 1. The van der Waals surface area contributed by atoms with Crippen LogP contribution in [0.25, 0.3) is 0 Å². The second-order valence-electron chi connectivity index (χ2n) is 8.14. The minimum Gasteiger partial charge on any atom is -0.355 e. The van der Waals surface area contributed by atoms with Crippen LogP contribution in [0.2, 0.25) is 0 Å². The van der Waals surface area contributed by atoms with Gasteiger partial charge in [-0.1, -0.05) is 56.3 Å². The number of amides is 1. The molecule has 1 saturated heterocycles. The molecule has 1 amide bonds. The molecule has 3 rings (SSSR count). The first-order valence-electron chi connectivity index (χ1n) is 9.74. The number of piperidine rings is 1. The molecular formula is C23H29FN2O. The van der Waals surface area contributed by atoms with Gasteiger partial charge < -0.3 is 5.32 Å². The number of halogens is 1. The van der Waals surface area contributed by atoms with Crippen LogP contribution in [0.4, 0.5) is 4.39 Å². The minimum atomic E-state index is -0.235. The Morgan fingerprint density at radius 1 is 1.07 bits per heavy atom. The third-order valence-electron chi connectivity index (χ3n) is 5.54. The Balaban J connectivity index is 1.46. The van der Waals surface area contributed by atoms with E-state index in [1.54, 1.807) is 12.1 Å². The van der Waals surface area contributed by atoms with Crippen LogP contribution in [-0.4, -0.2) is 30.4 Å². The summed E-state index contributed by atoms with van der Waals surface area (Å²) in [5, 5.41) is 3.12. The quantitative estimate of drug-likeness (QED) is 0.831. The van der Waals surface area contributed by atoms with Crippen LogP contribution in [0, 0.1) is 11.7 Å². The first kappa shape index (κ1) is 19.6. The molecule has 4 heteroatoms. The Hall–Kier alpha value is -2.20. The first-order valence-corrected chi connectivity index (χ1v) is 9.74. The van der Waals surface area contributed by atoms with Crippen molar-refractivity contribution in [1.82, 2.24) is 10.2 Å². The molecule has 0 aliphatic carbocycles. The summed E-state index contributed by atoms with van der Waals surface area (Å²) in [4.78, 5) is 15.0. The van der Waals surface area contributed by atoms with Gasteiger partial charge in [0.15, 0.2) is 0 Å². The zero-order valence-corrected chi connectivity index (χ0v) is 16.2. The fourth-order valence-electron chi connectivity index (χ4n) is 3.65. The molecule has 1 fully saturated rings. The number of carbonyl (C=O) groups excluding carboxylic acids is 1. The third-order valence-corrected chi connectivity index (χ3v) is 5.54. The summed E-state index contributed by atoms with van der Waals surface area (Å²) in [5.41, 5.74) is 2.13. The van der Waals surface area contributed by atoms with E-state index in [4.69, 9.17) is 0 Å². The molecule has 0 spiro atoms. The highest BCUT2D eigenvalue weighted by Gasteiger charge is 2.27. The van der Waals surface area contributed by atoms with Gasteiger partial charge in [0.1, 0.15) is 5.82 Å². The first-order chi connectivity index (χ1) is 12.9. The highest BCUT2D eigenvalue weighted by atomic mass is 19.1. The van der Waals surface area contributed by atoms with E-state index in [2.05, 4.69) is 48.3 Å². The van der Waals surface area contributed by atoms with Crippen molar-refractivity contribution in [2.24, 2.45) is 5.92 Å². The normalized spacial score (nSPS) is 16.3. The summed E-state index contributed by atoms with van der Waals surface area (Å²) in [6.07, 6.45) is 1.80. The fraction of sp³-hybridized carbons (Fsp3) is 0.435. The molecule has 0 aromatic heterocycles. The molecule has 3 nitrogen and oxygen atoms in total. The predicted molar refractivity (Wildman–Crippen MR) is 107 cm³/mol. The summed E-state index contributed by atoms with van der Waals surface area (Å²) >= 11 is 0. The number of rotatable bonds is 6. The Morgan fingerprint density at radius 2 is 1.70 bits per heavy atom. The molecule has 0 radical (unpaired) electrons. The second kappa shape index (κ2) is 8.66. The van der Waals surface area contributed by atoms with Crippen LogP contribution < -0.4 is 5.32 Å². The van der Waals surface area contributed by atoms with Crippen molar-refractivity contribution < 1.29 is 9.18 Å². The van der Waals surface area contributed by atoms with Gasteiger partial charge in [0, 0.05) is 24.4 Å². The molecule has 2 aromatic carbocycles. The highest BCUT2D eigenvalue weighted by Crippen LogP contribution is 2.24. The largest absolute Gasteiger partial charge is 0.355 e. The zero-order valence-electron chi connectivity index (χ0n) is 16.2. The van der Waals surface area contributed by atoms with E-state index in [1.807, 2.05) is 6.07 Å². The van der Waals surface area contributed by atoms with Gasteiger partial charge in [-0.25, -0.2) is 4.39 Å². The maximum atomic E-state index is 13.1. The topological polar surface area (TPSA) is 32.3 Å². The van der Waals surface area contributed by atoms with Crippen molar-refractivity contribution >= 4 is 5.91 Å². The van der Waals surface area contributed by atoms with E-state index < -0.39 is 0 Å². The van der Waals surface area contributed by atoms with Crippen LogP contribution in [0.3, 0.4) is 0 Å². The summed E-state index contributed by atoms with van der Waals surface area (Å²) in [7, 11) is 0. The maximum absolute atomic E-state index is 13.1. The van der Waals surface area contributed by atoms with Gasteiger partial charge in [-0.05, 0) is 49.2 Å². The molecule has 1 N–H and O–H groups in total. The monoisotopic (exact) mass is 368 g/mol. The van der Waals surface area contributed by atoms with Crippen LogP contribution in [-0.2, 0) is 16.8 Å². The number of carbonyl (C=O) groups is 1. The number of nitrogens with one attached hydrogen (secondary N) is 1. The second-order valence-corrected chi connectivity index (χ2v) is 8.14. The lowest BCUT2D eigenvalue weighted by Crippen LogP contribution is -2.43. The Bertz CT molecular complexity index is 735. The van der Waals surface area contributed by atoms with Crippen molar-refractivity contribution in [3.8, 4) is 0 Å². The van der Waals surface area contributed by atoms with Gasteiger partial charge in [0.05, 0.1) is 0 Å². The standard InChI is InChI=1S/C23H29FN2O/c1-23(2,20-8-10-21(24)11-9-20)17-25-22(27)19-12-14-26(15-13-19)16-18-6-4-3-5-7-18/h3-11,19H,12-17H2,1-2H3,(H,25,27). The smallest absolute Gasteiger partial charge is 0.223 e. The molecule has 27 heavy (non-hydrogen) atoms. The van der Waals surface area contributed by atoms with Crippen molar-refractivity contribution in [1.29, 1.82) is 0 Å². The summed E-state index contributed by atoms with van der Waals surface area (Å²) in [6.45, 7) is 7.56. The Morgan fingerprint density at radius 3 is 2.33 bits per heavy atom. The lowest BCUT2D eigenvalue weighted by Gasteiger charge is -2.32.